The first kappa shape index (κ1) is 21.4. The van der Waals surface area contributed by atoms with Crippen LogP contribution in [0.2, 0.25) is 0 Å². The summed E-state index contributed by atoms with van der Waals surface area (Å²) in [5.41, 5.74) is 3.16. The lowest BCUT2D eigenvalue weighted by Gasteiger charge is -2.20. The number of aliphatic hydroxyl groups excluding tert-OH is 1. The van der Waals surface area contributed by atoms with Crippen LogP contribution < -0.4 is 15.5 Å². The van der Waals surface area contributed by atoms with Gasteiger partial charge in [0.15, 0.2) is 0 Å². The van der Waals surface area contributed by atoms with Crippen molar-refractivity contribution in [3.63, 3.8) is 0 Å². The topological polar surface area (TPSA) is 67.8 Å². The SMILES string of the molecule is CNc1ccc(N(C)CCCCNCC(O)c2ccc(O)c(SC)c2)cc1. The maximum Gasteiger partial charge on any atom is 0.129 e. The highest BCUT2D eigenvalue weighted by molar-refractivity contribution is 7.98. The Hall–Kier alpha value is -1.89. The van der Waals surface area contributed by atoms with Crippen LogP contribution in [0.15, 0.2) is 47.4 Å². The molecule has 0 radical (unpaired) electrons. The van der Waals surface area contributed by atoms with Crippen molar-refractivity contribution in [2.45, 2.75) is 23.8 Å². The molecule has 0 fully saturated rings. The molecular weight excluding hydrogens is 358 g/mol. The normalized spacial score (nSPS) is 12.0. The third-order valence-electron chi connectivity index (χ3n) is 4.62. The van der Waals surface area contributed by atoms with E-state index in [4.69, 9.17) is 0 Å². The monoisotopic (exact) mass is 389 g/mol. The molecule has 0 aliphatic rings. The van der Waals surface area contributed by atoms with Crippen molar-refractivity contribution in [1.82, 2.24) is 5.32 Å². The third-order valence-corrected chi connectivity index (χ3v) is 5.39. The number of phenolic OH excluding ortho intramolecular Hbond substituents is 1. The van der Waals surface area contributed by atoms with Crippen LogP contribution in [0.3, 0.4) is 0 Å². The van der Waals surface area contributed by atoms with Crippen molar-refractivity contribution in [3.05, 3.63) is 48.0 Å². The molecule has 0 amide bonds. The maximum atomic E-state index is 10.3. The van der Waals surface area contributed by atoms with Gasteiger partial charge in [-0.2, -0.15) is 0 Å². The van der Waals surface area contributed by atoms with Gasteiger partial charge in [-0.1, -0.05) is 6.07 Å². The summed E-state index contributed by atoms with van der Waals surface area (Å²) in [6.07, 6.45) is 3.49. The van der Waals surface area contributed by atoms with E-state index in [9.17, 15) is 10.2 Å². The molecule has 0 aromatic heterocycles. The Morgan fingerprint density at radius 2 is 1.85 bits per heavy atom. The Labute approximate surface area is 166 Å². The molecule has 2 aromatic carbocycles. The highest BCUT2D eigenvalue weighted by Gasteiger charge is 2.10. The summed E-state index contributed by atoms with van der Waals surface area (Å²) in [6.45, 7) is 2.38. The molecule has 148 valence electrons. The van der Waals surface area contributed by atoms with Gasteiger partial charge in [0, 0.05) is 43.5 Å². The number of unbranched alkanes of at least 4 members (excludes halogenated alkanes) is 1. The van der Waals surface area contributed by atoms with E-state index in [-0.39, 0.29) is 5.75 Å². The average Bonchev–Trinajstić information content (AvgIpc) is 2.70. The summed E-state index contributed by atoms with van der Waals surface area (Å²) >= 11 is 1.48. The van der Waals surface area contributed by atoms with Crippen LogP contribution in [-0.4, -0.2) is 50.2 Å². The van der Waals surface area contributed by atoms with E-state index in [1.807, 2.05) is 19.4 Å². The maximum absolute atomic E-state index is 10.3. The summed E-state index contributed by atoms with van der Waals surface area (Å²) < 4.78 is 0. The molecule has 1 unspecified atom stereocenters. The van der Waals surface area contributed by atoms with Crippen molar-refractivity contribution < 1.29 is 10.2 Å². The molecule has 0 saturated heterocycles. The van der Waals surface area contributed by atoms with E-state index in [1.54, 1.807) is 12.1 Å². The summed E-state index contributed by atoms with van der Waals surface area (Å²) in [5, 5.41) is 26.5. The lowest BCUT2D eigenvalue weighted by atomic mass is 10.1. The van der Waals surface area contributed by atoms with Gasteiger partial charge < -0.3 is 25.7 Å². The van der Waals surface area contributed by atoms with Crippen molar-refractivity contribution in [1.29, 1.82) is 0 Å². The van der Waals surface area contributed by atoms with E-state index in [2.05, 4.69) is 46.8 Å². The molecule has 5 nitrogen and oxygen atoms in total. The average molecular weight is 390 g/mol. The summed E-state index contributed by atoms with van der Waals surface area (Å²) in [5.74, 6) is 0.260. The quantitative estimate of drug-likeness (QED) is 0.347. The number of anilines is 2. The Kier molecular flexibility index (Phi) is 8.78. The number of thioether (sulfide) groups is 1. The fraction of sp³-hybridized carbons (Fsp3) is 0.429. The minimum atomic E-state index is -0.565. The van der Waals surface area contributed by atoms with Crippen LogP contribution in [0.4, 0.5) is 11.4 Å². The second kappa shape index (κ2) is 11.1. The van der Waals surface area contributed by atoms with Crippen molar-refractivity contribution in [2.75, 3.05) is 50.2 Å². The van der Waals surface area contributed by atoms with Gasteiger partial charge in [0.2, 0.25) is 0 Å². The fourth-order valence-corrected chi connectivity index (χ4v) is 3.40. The minimum absolute atomic E-state index is 0.260. The van der Waals surface area contributed by atoms with E-state index >= 15 is 0 Å². The highest BCUT2D eigenvalue weighted by atomic mass is 32.2. The molecule has 0 bridgehead atoms. The number of rotatable bonds is 11. The number of aromatic hydroxyl groups is 1. The van der Waals surface area contributed by atoms with Crippen LogP contribution in [0, 0.1) is 0 Å². The number of benzene rings is 2. The molecule has 27 heavy (non-hydrogen) atoms. The Morgan fingerprint density at radius 3 is 2.52 bits per heavy atom. The second-order valence-corrected chi connectivity index (χ2v) is 7.42. The first-order valence-electron chi connectivity index (χ1n) is 9.29. The first-order chi connectivity index (χ1) is 13.0. The lowest BCUT2D eigenvalue weighted by molar-refractivity contribution is 0.174. The Bertz CT molecular complexity index is 694. The molecule has 4 N–H and O–H groups in total. The molecular formula is C21H31N3O2S. The molecule has 0 saturated carbocycles. The van der Waals surface area contributed by atoms with Gasteiger partial charge in [-0.3, -0.25) is 0 Å². The zero-order valence-corrected chi connectivity index (χ0v) is 17.2. The molecule has 6 heteroatoms. The zero-order chi connectivity index (χ0) is 19.6. The van der Waals surface area contributed by atoms with E-state index in [1.165, 1.54) is 17.4 Å². The van der Waals surface area contributed by atoms with Crippen molar-refractivity contribution >= 4 is 23.1 Å². The van der Waals surface area contributed by atoms with Crippen LogP contribution in [-0.2, 0) is 0 Å². The van der Waals surface area contributed by atoms with Gasteiger partial charge in [-0.05, 0) is 67.6 Å². The number of hydrogen-bond acceptors (Lipinski definition) is 6. The number of phenols is 1. The molecule has 2 rings (SSSR count). The predicted molar refractivity (Wildman–Crippen MR) is 116 cm³/mol. The van der Waals surface area contributed by atoms with Crippen LogP contribution in [0.25, 0.3) is 0 Å². The van der Waals surface area contributed by atoms with Crippen LogP contribution in [0.5, 0.6) is 5.75 Å². The molecule has 0 heterocycles. The molecule has 0 aliphatic carbocycles. The largest absolute Gasteiger partial charge is 0.507 e. The smallest absolute Gasteiger partial charge is 0.129 e. The minimum Gasteiger partial charge on any atom is -0.507 e. The fourth-order valence-electron chi connectivity index (χ4n) is 2.87. The van der Waals surface area contributed by atoms with Gasteiger partial charge in [0.1, 0.15) is 5.75 Å². The van der Waals surface area contributed by atoms with Crippen LogP contribution in [0.1, 0.15) is 24.5 Å². The summed E-state index contributed by atoms with van der Waals surface area (Å²) in [7, 11) is 4.03. The molecule has 1 atom stereocenters. The lowest BCUT2D eigenvalue weighted by Crippen LogP contribution is -2.24. The Balaban J connectivity index is 1.65. The predicted octanol–water partition coefficient (Wildman–Crippen LogP) is 3.70. The van der Waals surface area contributed by atoms with Gasteiger partial charge in [-0.25, -0.2) is 0 Å². The summed E-state index contributed by atoms with van der Waals surface area (Å²) in [6, 6.07) is 13.7. The highest BCUT2D eigenvalue weighted by Crippen LogP contribution is 2.29. The zero-order valence-electron chi connectivity index (χ0n) is 16.4. The van der Waals surface area contributed by atoms with Gasteiger partial charge >= 0.3 is 0 Å². The molecule has 0 spiro atoms. The van der Waals surface area contributed by atoms with Crippen molar-refractivity contribution in [3.8, 4) is 5.75 Å². The number of hydrogen-bond donors (Lipinski definition) is 4. The van der Waals surface area contributed by atoms with Crippen LogP contribution >= 0.6 is 11.8 Å². The Morgan fingerprint density at radius 1 is 1.11 bits per heavy atom. The number of nitrogens with one attached hydrogen (secondary N) is 2. The van der Waals surface area contributed by atoms with E-state index in [0.717, 1.165) is 42.1 Å². The number of nitrogens with zero attached hydrogens (tertiary/aromatic N) is 1. The first-order valence-corrected chi connectivity index (χ1v) is 10.5. The molecule has 2 aromatic rings. The van der Waals surface area contributed by atoms with Gasteiger partial charge in [0.05, 0.1) is 6.10 Å². The van der Waals surface area contributed by atoms with Gasteiger partial charge in [0.25, 0.3) is 0 Å². The van der Waals surface area contributed by atoms with E-state index < -0.39 is 6.10 Å². The molecule has 0 aliphatic heterocycles. The van der Waals surface area contributed by atoms with Gasteiger partial charge in [-0.15, -0.1) is 11.8 Å². The second-order valence-electron chi connectivity index (χ2n) is 6.58. The summed E-state index contributed by atoms with van der Waals surface area (Å²) in [4.78, 5) is 3.05. The number of aliphatic hydroxyl groups is 1. The van der Waals surface area contributed by atoms with Crippen molar-refractivity contribution in [2.24, 2.45) is 0 Å². The van der Waals surface area contributed by atoms with E-state index in [0.29, 0.717) is 6.54 Å². The third kappa shape index (κ3) is 6.65. The standard InChI is InChI=1S/C21H31N3O2S/c1-22-17-7-9-18(10-8-17)24(2)13-5-4-12-23-15-20(26)16-6-11-19(25)21(14-16)27-3/h6-11,14,20,22-23,25-26H,4-5,12-13,15H2,1-3H3.